The number of amides is 1. The van der Waals surface area contributed by atoms with Crippen molar-refractivity contribution < 1.29 is 13.2 Å². The highest BCUT2D eigenvalue weighted by molar-refractivity contribution is 7.89. The van der Waals surface area contributed by atoms with Gasteiger partial charge in [0, 0.05) is 20.8 Å². The van der Waals surface area contributed by atoms with Crippen LogP contribution < -0.4 is 15.8 Å². The normalized spacial score (nSPS) is 11.4. The van der Waals surface area contributed by atoms with Crippen molar-refractivity contribution in [1.29, 1.82) is 0 Å². The molecule has 0 aliphatic carbocycles. The van der Waals surface area contributed by atoms with Crippen LogP contribution in [0.4, 0.5) is 5.69 Å². The summed E-state index contributed by atoms with van der Waals surface area (Å²) in [5, 5.41) is 12.0. The largest absolute Gasteiger partial charge is 0.332 e. The van der Waals surface area contributed by atoms with E-state index >= 15 is 0 Å². The molecule has 0 unspecified atom stereocenters. The van der Waals surface area contributed by atoms with Crippen LogP contribution in [-0.4, -0.2) is 19.4 Å². The number of thiocarbonyl (C=S) groups is 1. The maximum Gasteiger partial charge on any atom is 0.269 e. The van der Waals surface area contributed by atoms with Crippen molar-refractivity contribution in [2.75, 3.05) is 5.32 Å². The third-order valence-electron chi connectivity index (χ3n) is 3.47. The number of nitrogens with two attached hydrogens (primary N) is 1. The Morgan fingerprint density at radius 1 is 1.11 bits per heavy atom. The van der Waals surface area contributed by atoms with Gasteiger partial charge in [-0.25, -0.2) is 13.6 Å². The van der Waals surface area contributed by atoms with Gasteiger partial charge in [-0.1, -0.05) is 29.3 Å². The van der Waals surface area contributed by atoms with E-state index in [1.165, 1.54) is 35.6 Å². The Morgan fingerprint density at radius 2 is 1.78 bits per heavy atom. The average Bonchev–Trinajstić information content (AvgIpc) is 2.90. The minimum atomic E-state index is -3.78. The van der Waals surface area contributed by atoms with Gasteiger partial charge in [0.05, 0.1) is 9.92 Å². The van der Waals surface area contributed by atoms with Crippen LogP contribution in [0.3, 0.4) is 0 Å². The van der Waals surface area contributed by atoms with Crippen molar-refractivity contribution in [1.82, 2.24) is 5.32 Å². The van der Waals surface area contributed by atoms with Gasteiger partial charge in [-0.3, -0.25) is 10.1 Å². The number of primary sulfonamides is 1. The lowest BCUT2D eigenvalue weighted by molar-refractivity contribution is 0.0982. The SMILES string of the molecule is NS(=O)(=O)c1ccc(NC(=S)NC(=O)c2sc3cc(Cl)ccc3c2Cl)cc1. The summed E-state index contributed by atoms with van der Waals surface area (Å²) in [7, 11) is -3.78. The Labute approximate surface area is 174 Å². The van der Waals surface area contributed by atoms with E-state index in [-0.39, 0.29) is 10.0 Å². The summed E-state index contributed by atoms with van der Waals surface area (Å²) in [6.07, 6.45) is 0. The Kier molecular flexibility index (Phi) is 5.71. The van der Waals surface area contributed by atoms with Crippen molar-refractivity contribution in [3.05, 3.63) is 57.4 Å². The third-order valence-corrected chi connectivity index (χ3v) is 6.49. The Morgan fingerprint density at radius 3 is 2.41 bits per heavy atom. The molecule has 0 spiro atoms. The van der Waals surface area contributed by atoms with E-state index in [9.17, 15) is 13.2 Å². The number of thiophene rings is 1. The molecule has 0 saturated carbocycles. The Hall–Kier alpha value is -1.75. The second-order valence-corrected chi connectivity index (χ2v) is 9.20. The second kappa shape index (κ2) is 7.70. The highest BCUT2D eigenvalue weighted by Gasteiger charge is 2.18. The fraction of sp³-hybridized carbons (Fsp3) is 0. The van der Waals surface area contributed by atoms with Gasteiger partial charge in [0.1, 0.15) is 4.88 Å². The summed E-state index contributed by atoms with van der Waals surface area (Å²) >= 11 is 18.6. The molecule has 1 amide bonds. The fourth-order valence-electron chi connectivity index (χ4n) is 2.24. The third kappa shape index (κ3) is 4.57. The van der Waals surface area contributed by atoms with E-state index in [0.717, 1.165) is 10.1 Å². The van der Waals surface area contributed by atoms with Crippen molar-refractivity contribution in [3.63, 3.8) is 0 Å². The van der Waals surface area contributed by atoms with Crippen LogP contribution >= 0.6 is 46.8 Å². The topological polar surface area (TPSA) is 101 Å². The Balaban J connectivity index is 1.72. The highest BCUT2D eigenvalue weighted by atomic mass is 35.5. The number of carbonyl (C=O) groups excluding carboxylic acids is 1. The fourth-order valence-corrected chi connectivity index (χ4v) is 4.65. The number of benzene rings is 2. The zero-order valence-corrected chi connectivity index (χ0v) is 17.3. The van der Waals surface area contributed by atoms with Crippen LogP contribution in [0.2, 0.25) is 10.0 Å². The zero-order valence-electron chi connectivity index (χ0n) is 13.3. The van der Waals surface area contributed by atoms with E-state index in [1.807, 2.05) is 0 Å². The molecule has 0 radical (unpaired) electrons. The summed E-state index contributed by atoms with van der Waals surface area (Å²) in [4.78, 5) is 12.7. The minimum absolute atomic E-state index is 0.0290. The van der Waals surface area contributed by atoms with E-state index in [1.54, 1.807) is 18.2 Å². The van der Waals surface area contributed by atoms with Gasteiger partial charge >= 0.3 is 0 Å². The molecule has 3 rings (SSSR count). The van der Waals surface area contributed by atoms with Gasteiger partial charge in [0.2, 0.25) is 10.0 Å². The van der Waals surface area contributed by atoms with Gasteiger partial charge in [-0.2, -0.15) is 0 Å². The Bertz CT molecular complexity index is 1160. The van der Waals surface area contributed by atoms with E-state index < -0.39 is 15.9 Å². The summed E-state index contributed by atoms with van der Waals surface area (Å²) in [5.41, 5.74) is 0.488. The molecular weight excluding hydrogens is 449 g/mol. The molecule has 4 N–H and O–H groups in total. The molecule has 0 bridgehead atoms. The molecule has 0 aliphatic heterocycles. The molecule has 11 heteroatoms. The molecule has 27 heavy (non-hydrogen) atoms. The molecular formula is C16H11Cl2N3O3S3. The summed E-state index contributed by atoms with van der Waals surface area (Å²) in [6, 6.07) is 10.8. The first kappa shape index (κ1) is 20.0. The molecule has 3 aromatic rings. The summed E-state index contributed by atoms with van der Waals surface area (Å²) in [6.45, 7) is 0. The van der Waals surface area contributed by atoms with E-state index in [0.29, 0.717) is 20.6 Å². The van der Waals surface area contributed by atoms with Crippen LogP contribution in [0.5, 0.6) is 0 Å². The standard InChI is InChI=1S/C16H11Cl2N3O3S3/c17-8-1-6-11-12(7-8)26-14(13(11)18)15(22)21-16(25)20-9-2-4-10(5-3-9)27(19,23)24/h1-7H,(H2,19,23,24)(H2,20,21,22,25). The molecule has 0 saturated heterocycles. The van der Waals surface area contributed by atoms with Crippen molar-refractivity contribution in [2.45, 2.75) is 4.90 Å². The molecule has 0 atom stereocenters. The second-order valence-electron chi connectivity index (χ2n) is 5.36. The van der Waals surface area contributed by atoms with E-state index in [2.05, 4.69) is 10.6 Å². The molecule has 0 fully saturated rings. The summed E-state index contributed by atoms with van der Waals surface area (Å²) < 4.78 is 23.3. The lowest BCUT2D eigenvalue weighted by Crippen LogP contribution is -2.33. The number of nitrogens with one attached hydrogen (secondary N) is 2. The molecule has 1 heterocycles. The van der Waals surface area contributed by atoms with Crippen molar-refractivity contribution in [2.24, 2.45) is 5.14 Å². The van der Waals surface area contributed by atoms with Crippen molar-refractivity contribution in [3.8, 4) is 0 Å². The van der Waals surface area contributed by atoms with Crippen molar-refractivity contribution >= 4 is 83.6 Å². The van der Waals surface area contributed by atoms with Crippen LogP contribution in [0.25, 0.3) is 10.1 Å². The summed E-state index contributed by atoms with van der Waals surface area (Å²) in [5.74, 6) is -0.462. The van der Waals surface area contributed by atoms with Gasteiger partial charge in [-0.15, -0.1) is 11.3 Å². The quantitative estimate of drug-likeness (QED) is 0.514. The number of rotatable bonds is 3. The first-order chi connectivity index (χ1) is 12.6. The van der Waals surface area contributed by atoms with Crippen LogP contribution in [0, 0.1) is 0 Å². The van der Waals surface area contributed by atoms with Crippen LogP contribution in [-0.2, 0) is 10.0 Å². The number of fused-ring (bicyclic) bond motifs is 1. The maximum atomic E-state index is 12.5. The molecule has 2 aromatic carbocycles. The minimum Gasteiger partial charge on any atom is -0.332 e. The highest BCUT2D eigenvalue weighted by Crippen LogP contribution is 2.36. The molecule has 1 aromatic heterocycles. The maximum absolute atomic E-state index is 12.5. The first-order valence-electron chi connectivity index (χ1n) is 7.28. The lowest BCUT2D eigenvalue weighted by atomic mass is 10.2. The van der Waals surface area contributed by atoms with Gasteiger partial charge in [-0.05, 0) is 48.6 Å². The molecule has 6 nitrogen and oxygen atoms in total. The number of carbonyl (C=O) groups is 1. The van der Waals surface area contributed by atoms with E-state index in [4.69, 9.17) is 40.6 Å². The number of sulfonamides is 1. The molecule has 140 valence electrons. The van der Waals surface area contributed by atoms with Gasteiger partial charge in [0.15, 0.2) is 5.11 Å². The number of halogens is 2. The number of anilines is 1. The monoisotopic (exact) mass is 459 g/mol. The van der Waals surface area contributed by atoms with Gasteiger partial charge in [0.25, 0.3) is 5.91 Å². The number of hydrogen-bond donors (Lipinski definition) is 3. The average molecular weight is 460 g/mol. The first-order valence-corrected chi connectivity index (χ1v) is 10.8. The smallest absolute Gasteiger partial charge is 0.269 e. The lowest BCUT2D eigenvalue weighted by Gasteiger charge is -2.09. The molecule has 0 aliphatic rings. The predicted molar refractivity (Wildman–Crippen MR) is 113 cm³/mol. The van der Waals surface area contributed by atoms with Gasteiger partial charge < -0.3 is 5.32 Å². The van der Waals surface area contributed by atoms with Crippen LogP contribution in [0.15, 0.2) is 47.4 Å². The number of hydrogen-bond acceptors (Lipinski definition) is 5. The zero-order chi connectivity index (χ0) is 19.8. The van der Waals surface area contributed by atoms with Crippen LogP contribution in [0.1, 0.15) is 9.67 Å². The predicted octanol–water partition coefficient (Wildman–Crippen LogP) is 3.98.